The molecule has 4 aliphatic rings. The molecule has 1 aliphatic carbocycles. The molecule has 14 heteroatoms. The summed E-state index contributed by atoms with van der Waals surface area (Å²) in [5.74, 6) is -0.903. The number of benzene rings is 1. The van der Waals surface area contributed by atoms with E-state index >= 15 is 0 Å². The minimum atomic E-state index is -0.794. The highest BCUT2D eigenvalue weighted by Crippen LogP contribution is 2.34. The molecule has 13 nitrogen and oxygen atoms in total. The molecule has 1 saturated carbocycles. The minimum absolute atomic E-state index is 0.0425. The minimum Gasteiger partial charge on any atom is -0.383 e. The van der Waals surface area contributed by atoms with Crippen molar-refractivity contribution in [2.45, 2.75) is 56.3 Å². The van der Waals surface area contributed by atoms with Crippen molar-refractivity contribution in [1.29, 1.82) is 0 Å². The van der Waals surface area contributed by atoms with Gasteiger partial charge in [-0.15, -0.1) is 11.3 Å². The van der Waals surface area contributed by atoms with E-state index in [1.807, 2.05) is 17.5 Å². The smallest absolute Gasteiger partial charge is 0.251 e. The van der Waals surface area contributed by atoms with E-state index in [0.29, 0.717) is 5.56 Å². The van der Waals surface area contributed by atoms with E-state index in [0.717, 1.165) is 87.8 Å². The highest BCUT2D eigenvalue weighted by molar-refractivity contribution is 7.14. The van der Waals surface area contributed by atoms with Gasteiger partial charge in [0.1, 0.15) is 18.7 Å². The molecule has 2 aromatic rings. The first-order valence-electron chi connectivity index (χ1n) is 15.8. The van der Waals surface area contributed by atoms with E-state index in [1.165, 1.54) is 4.90 Å². The number of ether oxygens (including phenoxy) is 2. The number of likely N-dealkylation sites (tertiary alicyclic amines) is 1. The molecule has 240 valence electrons. The second kappa shape index (κ2) is 14.3. The Morgan fingerprint density at radius 3 is 2.64 bits per heavy atom. The van der Waals surface area contributed by atoms with Crippen LogP contribution in [0.1, 0.15) is 42.5 Å². The van der Waals surface area contributed by atoms with Crippen LogP contribution in [0.3, 0.4) is 0 Å². The Kier molecular flexibility index (Phi) is 9.96. The zero-order valence-corrected chi connectivity index (χ0v) is 26.4. The molecule has 4 fully saturated rings. The van der Waals surface area contributed by atoms with Crippen LogP contribution in [0.2, 0.25) is 0 Å². The molecule has 3 saturated heterocycles. The van der Waals surface area contributed by atoms with Crippen molar-refractivity contribution in [2.75, 3.05) is 64.5 Å². The van der Waals surface area contributed by atoms with Crippen molar-refractivity contribution in [3.63, 3.8) is 0 Å². The van der Waals surface area contributed by atoms with Crippen LogP contribution < -0.4 is 10.2 Å². The molecule has 4 heterocycles. The Balaban J connectivity index is 1.13. The molecular formula is C31H40N8O5S. The average molecular weight is 637 g/mol. The van der Waals surface area contributed by atoms with Gasteiger partial charge in [-0.1, -0.05) is 36.5 Å². The lowest BCUT2D eigenvalue weighted by atomic mass is 9.83. The summed E-state index contributed by atoms with van der Waals surface area (Å²) in [4.78, 5) is 54.2. The fraction of sp³-hybridized carbons (Fsp3) is 0.613. The van der Waals surface area contributed by atoms with Gasteiger partial charge < -0.3 is 24.6 Å². The van der Waals surface area contributed by atoms with Crippen molar-refractivity contribution in [3.8, 4) is 11.3 Å². The molecule has 0 spiro atoms. The first kappa shape index (κ1) is 31.4. The third kappa shape index (κ3) is 6.85. The maximum Gasteiger partial charge on any atom is 0.251 e. The number of thiazole rings is 1. The zero-order chi connectivity index (χ0) is 31.3. The Morgan fingerprint density at radius 1 is 1.18 bits per heavy atom. The molecule has 6 rings (SSSR count). The van der Waals surface area contributed by atoms with Gasteiger partial charge in [-0.2, -0.15) is 0 Å². The number of fused-ring (bicyclic) bond motifs is 1. The fourth-order valence-electron chi connectivity index (χ4n) is 6.99. The number of methoxy groups -OCH3 is 1. The highest BCUT2D eigenvalue weighted by atomic mass is 32.1. The number of nitrogens with one attached hydrogen (secondary N) is 1. The fourth-order valence-corrected chi connectivity index (χ4v) is 7.88. The van der Waals surface area contributed by atoms with Gasteiger partial charge in [0.05, 0.1) is 24.4 Å². The van der Waals surface area contributed by atoms with E-state index in [4.69, 9.17) is 20.0 Å². The van der Waals surface area contributed by atoms with E-state index < -0.39 is 24.2 Å². The molecule has 45 heavy (non-hydrogen) atoms. The van der Waals surface area contributed by atoms with Gasteiger partial charge >= 0.3 is 0 Å². The van der Waals surface area contributed by atoms with Crippen LogP contribution in [0.5, 0.6) is 0 Å². The summed E-state index contributed by atoms with van der Waals surface area (Å²) < 4.78 is 10.8. The van der Waals surface area contributed by atoms with Crippen molar-refractivity contribution in [2.24, 2.45) is 11.0 Å². The predicted octanol–water partition coefficient (Wildman–Crippen LogP) is 3.11. The normalized spacial score (nSPS) is 24.7. The van der Waals surface area contributed by atoms with Crippen LogP contribution in [0.4, 0.5) is 5.13 Å². The van der Waals surface area contributed by atoms with Gasteiger partial charge in [-0.05, 0) is 36.4 Å². The van der Waals surface area contributed by atoms with Gasteiger partial charge in [0.25, 0.3) is 5.91 Å². The average Bonchev–Trinajstić information content (AvgIpc) is 3.81. The van der Waals surface area contributed by atoms with Crippen LogP contribution in [0.25, 0.3) is 21.7 Å². The number of Topliss-reactive ketones (excluding diaryl/α,β-unsaturated/α-hetero) is 1. The number of anilines is 1. The van der Waals surface area contributed by atoms with Crippen LogP contribution in [-0.4, -0.2) is 116 Å². The first-order valence-corrected chi connectivity index (χ1v) is 16.7. The number of piperazine rings is 1. The number of rotatable bonds is 10. The summed E-state index contributed by atoms with van der Waals surface area (Å²) in [7, 11) is 1.73. The third-order valence-corrected chi connectivity index (χ3v) is 10.4. The number of carbonyl (C=O) groups is 3. The molecule has 0 bridgehead atoms. The predicted molar refractivity (Wildman–Crippen MR) is 169 cm³/mol. The Bertz CT molecular complexity index is 1420. The van der Waals surface area contributed by atoms with Gasteiger partial charge in [0.2, 0.25) is 5.91 Å². The lowest BCUT2D eigenvalue weighted by Crippen LogP contribution is -2.55. The van der Waals surface area contributed by atoms with Crippen LogP contribution in [-0.2, 0) is 19.1 Å². The van der Waals surface area contributed by atoms with E-state index in [-0.39, 0.29) is 36.7 Å². The molecule has 1 aromatic carbocycles. The summed E-state index contributed by atoms with van der Waals surface area (Å²) in [6, 6.07) is 5.08. The number of ketones is 1. The number of hydrogen-bond acceptors (Lipinski definition) is 10. The standard InChI is InChI=1S/C31H40N8O5S/c1-43-16-15-37-11-13-38(14-12-37)31-33-24(19-45-31)20-7-9-22(10-8-20)29(41)34-26(21-5-3-2-4-6-21)30(42)39-17-23(35-36-32)28-27(39)25(40)18-44-28/h7-10,19,21,23,26-28H,2-6,11-18H2,1H3,(H,34,41)/t23-,26-,27+,28+/m0/s1. The van der Waals surface area contributed by atoms with Crippen LogP contribution >= 0.6 is 11.3 Å². The molecule has 1 aromatic heterocycles. The molecule has 0 radical (unpaired) electrons. The Labute approximate surface area is 266 Å². The van der Waals surface area contributed by atoms with E-state index in [2.05, 4.69) is 25.1 Å². The van der Waals surface area contributed by atoms with Gasteiger partial charge in [0.15, 0.2) is 10.9 Å². The van der Waals surface area contributed by atoms with E-state index in [1.54, 1.807) is 30.6 Å². The summed E-state index contributed by atoms with van der Waals surface area (Å²) in [5, 5.41) is 9.86. The number of nitrogens with zero attached hydrogens (tertiary/aromatic N) is 7. The maximum atomic E-state index is 14.0. The SMILES string of the molecule is COCCN1CCN(c2nc(-c3ccc(C(=O)N[C@H](C(=O)N4C[C@H](N=[N+]=[N-])[C@H]5OCC(=O)[C@H]54)C4CCCCC4)cc3)cs2)CC1. The molecular weight excluding hydrogens is 596 g/mol. The Hall–Kier alpha value is -3.55. The van der Waals surface area contributed by atoms with Gasteiger partial charge in [0, 0.05) is 67.8 Å². The second-order valence-corrected chi connectivity index (χ2v) is 13.0. The number of aromatic nitrogens is 1. The van der Waals surface area contributed by atoms with Crippen molar-refractivity contribution >= 4 is 34.1 Å². The third-order valence-electron chi connectivity index (χ3n) is 9.50. The number of carbonyl (C=O) groups excluding carboxylic acids is 3. The quantitative estimate of drug-likeness (QED) is 0.237. The number of amides is 2. The topological polar surface area (TPSA) is 153 Å². The highest BCUT2D eigenvalue weighted by Gasteiger charge is 2.53. The molecule has 0 unspecified atom stereocenters. The molecule has 4 atom stereocenters. The summed E-state index contributed by atoms with van der Waals surface area (Å²) in [6.07, 6.45) is 4.03. The number of hydrogen-bond donors (Lipinski definition) is 1. The second-order valence-electron chi connectivity index (χ2n) is 12.2. The maximum absolute atomic E-state index is 14.0. The zero-order valence-electron chi connectivity index (χ0n) is 25.5. The summed E-state index contributed by atoms with van der Waals surface area (Å²) >= 11 is 1.62. The molecule has 1 N–H and O–H groups in total. The van der Waals surface area contributed by atoms with Gasteiger partial charge in [-0.3, -0.25) is 19.3 Å². The largest absolute Gasteiger partial charge is 0.383 e. The van der Waals surface area contributed by atoms with Crippen molar-refractivity contribution < 1.29 is 23.9 Å². The summed E-state index contributed by atoms with van der Waals surface area (Å²) in [6.45, 7) is 5.45. The van der Waals surface area contributed by atoms with Crippen LogP contribution in [0.15, 0.2) is 34.8 Å². The first-order chi connectivity index (χ1) is 22.0. The Morgan fingerprint density at radius 2 is 1.93 bits per heavy atom. The van der Waals surface area contributed by atoms with Crippen LogP contribution in [0, 0.1) is 5.92 Å². The monoisotopic (exact) mass is 636 g/mol. The lowest BCUT2D eigenvalue weighted by molar-refractivity contribution is -0.139. The van der Waals surface area contributed by atoms with Crippen molar-refractivity contribution in [1.82, 2.24) is 20.1 Å². The van der Waals surface area contributed by atoms with Crippen molar-refractivity contribution in [3.05, 3.63) is 45.7 Å². The molecule has 3 aliphatic heterocycles. The molecule has 2 amide bonds. The van der Waals surface area contributed by atoms with Gasteiger partial charge in [-0.25, -0.2) is 4.98 Å². The number of azide groups is 1. The summed E-state index contributed by atoms with van der Waals surface area (Å²) in [5.41, 5.74) is 11.3. The lowest BCUT2D eigenvalue weighted by Gasteiger charge is -2.34. The van der Waals surface area contributed by atoms with E-state index in [9.17, 15) is 14.4 Å².